The lowest BCUT2D eigenvalue weighted by atomic mass is 9.85. The van der Waals surface area contributed by atoms with Crippen LogP contribution in [0.5, 0.6) is 0 Å². The summed E-state index contributed by atoms with van der Waals surface area (Å²) in [4.78, 5) is 23.4. The van der Waals surface area contributed by atoms with Gasteiger partial charge in [0, 0.05) is 42.9 Å². The molecule has 1 aliphatic heterocycles. The summed E-state index contributed by atoms with van der Waals surface area (Å²) in [7, 11) is 0. The number of carbonyl (C=O) groups excluding carboxylic acids is 1. The van der Waals surface area contributed by atoms with Crippen LogP contribution >= 0.6 is 0 Å². The lowest BCUT2D eigenvalue weighted by molar-refractivity contribution is -0.127. The maximum atomic E-state index is 12.4. The molecule has 6 heteroatoms. The molecule has 0 aromatic carbocycles. The van der Waals surface area contributed by atoms with Crippen LogP contribution in [0.15, 0.2) is 12.4 Å². The molecule has 0 radical (unpaired) electrons. The maximum Gasteiger partial charge on any atom is 0.223 e. The standard InChI is InChI=1S/C18H29N5O/c1-2-15-11-17(21-12-20-15)23-8-6-16(7-9-23)22-18(24)13-4-3-5-14(19)10-13/h11-14,16H,2-10,19H2,1H3,(H,22,24). The van der Waals surface area contributed by atoms with E-state index in [9.17, 15) is 4.79 Å². The first-order valence-electron chi connectivity index (χ1n) is 9.27. The summed E-state index contributed by atoms with van der Waals surface area (Å²) in [5, 5.41) is 3.25. The first-order valence-corrected chi connectivity index (χ1v) is 9.27. The van der Waals surface area contributed by atoms with Crippen LogP contribution in [0.1, 0.15) is 51.1 Å². The molecule has 0 spiro atoms. The van der Waals surface area contributed by atoms with Crippen molar-refractivity contribution < 1.29 is 4.79 Å². The van der Waals surface area contributed by atoms with E-state index in [1.165, 1.54) is 0 Å². The molecular formula is C18H29N5O. The summed E-state index contributed by atoms with van der Waals surface area (Å²) in [6.45, 7) is 3.95. The quantitative estimate of drug-likeness (QED) is 0.876. The zero-order valence-electron chi connectivity index (χ0n) is 14.6. The largest absolute Gasteiger partial charge is 0.356 e. The van der Waals surface area contributed by atoms with Crippen molar-refractivity contribution in [2.24, 2.45) is 11.7 Å². The lowest BCUT2D eigenvalue weighted by Gasteiger charge is -2.34. The number of anilines is 1. The molecule has 132 valence electrons. The lowest BCUT2D eigenvalue weighted by Crippen LogP contribution is -2.47. The molecule has 1 saturated heterocycles. The molecule has 2 unspecified atom stereocenters. The number of hydrogen-bond acceptors (Lipinski definition) is 5. The predicted molar refractivity (Wildman–Crippen MR) is 94.7 cm³/mol. The molecule has 6 nitrogen and oxygen atoms in total. The van der Waals surface area contributed by atoms with Crippen LogP contribution < -0.4 is 16.0 Å². The second kappa shape index (κ2) is 7.92. The Hall–Kier alpha value is -1.69. The highest BCUT2D eigenvalue weighted by Gasteiger charge is 2.28. The summed E-state index contributed by atoms with van der Waals surface area (Å²) >= 11 is 0. The minimum Gasteiger partial charge on any atom is -0.356 e. The van der Waals surface area contributed by atoms with Crippen LogP contribution in [-0.2, 0) is 11.2 Å². The SMILES string of the molecule is CCc1cc(N2CCC(NC(=O)C3CCCC(N)C3)CC2)ncn1. The molecule has 1 saturated carbocycles. The van der Waals surface area contributed by atoms with Gasteiger partial charge in [0.1, 0.15) is 12.1 Å². The molecule has 3 rings (SSSR count). The molecule has 1 amide bonds. The van der Waals surface area contributed by atoms with E-state index in [1.807, 2.05) is 0 Å². The fourth-order valence-corrected chi connectivity index (χ4v) is 3.79. The molecule has 2 atom stereocenters. The molecule has 24 heavy (non-hydrogen) atoms. The van der Waals surface area contributed by atoms with E-state index in [4.69, 9.17) is 5.73 Å². The topological polar surface area (TPSA) is 84.1 Å². The average Bonchev–Trinajstić information content (AvgIpc) is 2.62. The third-order valence-corrected chi connectivity index (χ3v) is 5.32. The summed E-state index contributed by atoms with van der Waals surface area (Å²) in [5.41, 5.74) is 7.08. The Balaban J connectivity index is 1.49. The second-order valence-electron chi connectivity index (χ2n) is 7.11. The van der Waals surface area contributed by atoms with Crippen LogP contribution in [0.3, 0.4) is 0 Å². The number of nitrogens with two attached hydrogens (primary N) is 1. The molecule has 2 aliphatic rings. The van der Waals surface area contributed by atoms with Gasteiger partial charge in [0.2, 0.25) is 5.91 Å². The Labute approximate surface area is 144 Å². The molecular weight excluding hydrogens is 302 g/mol. The van der Waals surface area contributed by atoms with E-state index in [1.54, 1.807) is 6.33 Å². The van der Waals surface area contributed by atoms with Gasteiger partial charge in [0.15, 0.2) is 0 Å². The van der Waals surface area contributed by atoms with Crippen molar-refractivity contribution in [3.63, 3.8) is 0 Å². The Morgan fingerprint density at radius 2 is 2.08 bits per heavy atom. The number of rotatable bonds is 4. The van der Waals surface area contributed by atoms with Gasteiger partial charge in [-0.2, -0.15) is 0 Å². The van der Waals surface area contributed by atoms with Gasteiger partial charge in [-0.3, -0.25) is 4.79 Å². The summed E-state index contributed by atoms with van der Waals surface area (Å²) in [6, 6.07) is 2.55. The van der Waals surface area contributed by atoms with Crippen LogP contribution in [0.2, 0.25) is 0 Å². The van der Waals surface area contributed by atoms with E-state index in [-0.39, 0.29) is 23.9 Å². The maximum absolute atomic E-state index is 12.4. The number of amides is 1. The highest BCUT2D eigenvalue weighted by molar-refractivity contribution is 5.79. The van der Waals surface area contributed by atoms with Gasteiger partial charge in [-0.1, -0.05) is 13.3 Å². The van der Waals surface area contributed by atoms with Gasteiger partial charge < -0.3 is 16.0 Å². The minimum atomic E-state index is 0.112. The van der Waals surface area contributed by atoms with Gasteiger partial charge in [0.05, 0.1) is 0 Å². The van der Waals surface area contributed by atoms with Gasteiger partial charge in [0.25, 0.3) is 0 Å². The normalized spacial score (nSPS) is 25.5. The van der Waals surface area contributed by atoms with Crippen LogP contribution in [0.25, 0.3) is 0 Å². The van der Waals surface area contributed by atoms with E-state index < -0.39 is 0 Å². The minimum absolute atomic E-state index is 0.112. The third-order valence-electron chi connectivity index (χ3n) is 5.32. The van der Waals surface area contributed by atoms with Gasteiger partial charge in [-0.25, -0.2) is 9.97 Å². The van der Waals surface area contributed by atoms with Crippen LogP contribution in [0.4, 0.5) is 5.82 Å². The fourth-order valence-electron chi connectivity index (χ4n) is 3.79. The molecule has 2 fully saturated rings. The molecule has 2 heterocycles. The van der Waals surface area contributed by atoms with Gasteiger partial charge in [-0.15, -0.1) is 0 Å². The number of nitrogens with zero attached hydrogens (tertiary/aromatic N) is 3. The zero-order valence-corrected chi connectivity index (χ0v) is 14.6. The van der Waals surface area contributed by atoms with E-state index in [0.717, 1.165) is 69.5 Å². The van der Waals surface area contributed by atoms with Gasteiger partial charge >= 0.3 is 0 Å². The van der Waals surface area contributed by atoms with Crippen LogP contribution in [-0.4, -0.2) is 41.0 Å². The van der Waals surface area contributed by atoms with Crippen molar-refractivity contribution in [1.29, 1.82) is 0 Å². The first-order chi connectivity index (χ1) is 11.7. The second-order valence-corrected chi connectivity index (χ2v) is 7.11. The third kappa shape index (κ3) is 4.23. The van der Waals surface area contributed by atoms with Crippen LogP contribution in [0, 0.1) is 5.92 Å². The Bertz CT molecular complexity index is 556. The molecule has 1 aromatic rings. The summed E-state index contributed by atoms with van der Waals surface area (Å²) in [6.07, 6.45) is 8.46. The number of carbonyl (C=O) groups is 1. The zero-order chi connectivity index (χ0) is 16.9. The monoisotopic (exact) mass is 331 g/mol. The molecule has 1 aromatic heterocycles. The number of aromatic nitrogens is 2. The number of aryl methyl sites for hydroxylation is 1. The van der Waals surface area contributed by atoms with E-state index >= 15 is 0 Å². The number of hydrogen-bond donors (Lipinski definition) is 2. The highest BCUT2D eigenvalue weighted by atomic mass is 16.1. The Morgan fingerprint density at radius 1 is 1.29 bits per heavy atom. The summed E-state index contributed by atoms with van der Waals surface area (Å²) in [5.74, 6) is 1.32. The van der Waals surface area contributed by atoms with Crippen molar-refractivity contribution in [2.45, 2.75) is 64.0 Å². The fraction of sp³-hybridized carbons (Fsp3) is 0.722. The van der Waals surface area contributed by atoms with E-state index in [2.05, 4.69) is 33.2 Å². The summed E-state index contributed by atoms with van der Waals surface area (Å²) < 4.78 is 0. The first kappa shape index (κ1) is 17.1. The van der Waals surface area contributed by atoms with Gasteiger partial charge in [-0.05, 0) is 38.5 Å². The van der Waals surface area contributed by atoms with Crippen molar-refractivity contribution in [1.82, 2.24) is 15.3 Å². The van der Waals surface area contributed by atoms with Crippen molar-refractivity contribution >= 4 is 11.7 Å². The average molecular weight is 331 g/mol. The Kier molecular flexibility index (Phi) is 5.66. The Morgan fingerprint density at radius 3 is 2.79 bits per heavy atom. The number of nitrogens with one attached hydrogen (secondary N) is 1. The molecule has 1 aliphatic carbocycles. The predicted octanol–water partition coefficient (Wildman–Crippen LogP) is 1.64. The smallest absolute Gasteiger partial charge is 0.223 e. The van der Waals surface area contributed by atoms with Crippen molar-refractivity contribution in [3.05, 3.63) is 18.1 Å². The van der Waals surface area contributed by atoms with Crippen molar-refractivity contribution in [2.75, 3.05) is 18.0 Å². The molecule has 3 N–H and O–H groups in total. The molecule has 0 bridgehead atoms. The van der Waals surface area contributed by atoms with E-state index in [0.29, 0.717) is 0 Å². The highest BCUT2D eigenvalue weighted by Crippen LogP contribution is 2.24. The number of piperidine rings is 1. The van der Waals surface area contributed by atoms with Crippen molar-refractivity contribution in [3.8, 4) is 0 Å².